The smallest absolute Gasteiger partial charge is 0.331 e. The maximum absolute atomic E-state index is 12.9. The van der Waals surface area contributed by atoms with Gasteiger partial charge in [-0.2, -0.15) is 5.10 Å². The Morgan fingerprint density at radius 1 is 1.27 bits per heavy atom. The summed E-state index contributed by atoms with van der Waals surface area (Å²) in [5.74, 6) is 0.412. The number of carbonyl (C=O) groups excluding carboxylic acids is 1. The summed E-state index contributed by atoms with van der Waals surface area (Å²) in [6, 6.07) is 1.84. The Labute approximate surface area is 177 Å². The molecule has 2 unspecified atom stereocenters. The second kappa shape index (κ2) is 7.39. The molecule has 1 aromatic carbocycles. The van der Waals surface area contributed by atoms with Gasteiger partial charge in [-0.05, 0) is 67.7 Å². The van der Waals surface area contributed by atoms with Crippen LogP contribution in [0.15, 0.2) is 17.2 Å². The Bertz CT molecular complexity index is 1020. The predicted octanol–water partition coefficient (Wildman–Crippen LogP) is 2.50. The van der Waals surface area contributed by atoms with Gasteiger partial charge in [0.05, 0.1) is 19.3 Å². The molecule has 2 aliphatic carbocycles. The molecule has 2 heterocycles. The van der Waals surface area contributed by atoms with Crippen LogP contribution in [0.5, 0.6) is 5.88 Å². The molecule has 1 aliphatic heterocycles. The topological polar surface area (TPSA) is 94.5 Å². The van der Waals surface area contributed by atoms with Crippen molar-refractivity contribution in [2.45, 2.75) is 62.5 Å². The van der Waals surface area contributed by atoms with Crippen molar-refractivity contribution in [3.8, 4) is 5.88 Å². The van der Waals surface area contributed by atoms with E-state index < -0.39 is 22.6 Å². The molecule has 0 spiro atoms. The number of urea groups is 1. The first-order chi connectivity index (χ1) is 14.5. The molecule has 0 saturated carbocycles. The number of fused-ring (bicyclic) bond motifs is 3. The number of rotatable bonds is 5. The number of nitrogens with one attached hydrogen (secondary N) is 2. The van der Waals surface area contributed by atoms with Crippen LogP contribution in [0.2, 0.25) is 0 Å². The molecule has 2 aromatic rings. The van der Waals surface area contributed by atoms with Gasteiger partial charge in [0.25, 0.3) is 0 Å². The van der Waals surface area contributed by atoms with Gasteiger partial charge >= 0.3 is 6.03 Å². The quantitative estimate of drug-likeness (QED) is 0.760. The molecule has 2 amide bonds. The second-order valence-electron chi connectivity index (χ2n) is 8.52. The Hall–Kier alpha value is -2.39. The summed E-state index contributed by atoms with van der Waals surface area (Å²) in [7, 11) is -0.174. The van der Waals surface area contributed by atoms with Crippen molar-refractivity contribution >= 4 is 22.7 Å². The van der Waals surface area contributed by atoms with Crippen molar-refractivity contribution in [3.05, 3.63) is 34.5 Å². The molecular formula is C21H26N4O4S. The monoisotopic (exact) mass is 430 g/mol. The van der Waals surface area contributed by atoms with Crippen LogP contribution >= 0.6 is 0 Å². The molecule has 2 N–H and O–H groups in total. The maximum Gasteiger partial charge on any atom is 0.331 e. The molecule has 0 saturated heterocycles. The minimum atomic E-state index is -1.78. The molecule has 0 fully saturated rings. The van der Waals surface area contributed by atoms with E-state index in [1.165, 1.54) is 28.5 Å². The molecule has 1 aromatic heterocycles. The lowest BCUT2D eigenvalue weighted by molar-refractivity contribution is 0.0165. The van der Waals surface area contributed by atoms with E-state index in [0.29, 0.717) is 23.9 Å². The summed E-state index contributed by atoms with van der Waals surface area (Å²) < 4.78 is 28.3. The summed E-state index contributed by atoms with van der Waals surface area (Å²) >= 11 is 0. The fourth-order valence-electron chi connectivity index (χ4n) is 4.91. The number of hydrogen-bond donors (Lipinski definition) is 2. The maximum atomic E-state index is 12.9. The van der Waals surface area contributed by atoms with Gasteiger partial charge in [-0.25, -0.2) is 13.7 Å². The number of nitrogens with zero attached hydrogens (tertiary/aromatic N) is 2. The third-order valence-corrected chi connectivity index (χ3v) is 7.18. The molecule has 0 radical (unpaired) electrons. The van der Waals surface area contributed by atoms with Crippen LogP contribution in [0.1, 0.15) is 42.0 Å². The average molecular weight is 431 g/mol. The minimum Gasteiger partial charge on any atom is -0.466 e. The third kappa shape index (κ3) is 3.30. The van der Waals surface area contributed by atoms with E-state index in [9.17, 15) is 9.00 Å². The van der Waals surface area contributed by atoms with Crippen LogP contribution in [0.25, 0.3) is 0 Å². The van der Waals surface area contributed by atoms with E-state index in [0.717, 1.165) is 44.2 Å². The van der Waals surface area contributed by atoms with Gasteiger partial charge in [0.1, 0.15) is 4.90 Å². The number of ether oxygens (including phenoxy) is 2. The fourth-order valence-corrected chi connectivity index (χ4v) is 5.69. The normalized spacial score (nSPS) is 22.2. The molecule has 3 aliphatic rings. The van der Waals surface area contributed by atoms with Crippen molar-refractivity contribution in [2.75, 3.05) is 19.0 Å². The Morgan fingerprint density at radius 2 is 1.97 bits per heavy atom. The zero-order valence-electron chi connectivity index (χ0n) is 17.2. The number of aryl methyl sites for hydroxylation is 2. The zero-order valence-corrected chi connectivity index (χ0v) is 18.1. The molecule has 9 heteroatoms. The minimum absolute atomic E-state index is 0.355. The highest BCUT2D eigenvalue weighted by Crippen LogP contribution is 2.39. The number of hydrogen-bond acceptors (Lipinski definition) is 5. The van der Waals surface area contributed by atoms with Crippen LogP contribution in [-0.2, 0) is 48.0 Å². The Morgan fingerprint density at radius 3 is 2.63 bits per heavy atom. The molecule has 2 atom stereocenters. The molecule has 8 nitrogen and oxygen atoms in total. The van der Waals surface area contributed by atoms with Crippen LogP contribution in [0.3, 0.4) is 0 Å². The third-order valence-electron chi connectivity index (χ3n) is 6.13. The Kier molecular flexibility index (Phi) is 4.82. The van der Waals surface area contributed by atoms with Gasteiger partial charge in [0.2, 0.25) is 5.88 Å². The van der Waals surface area contributed by atoms with Crippen molar-refractivity contribution in [1.29, 1.82) is 0 Å². The van der Waals surface area contributed by atoms with Crippen molar-refractivity contribution in [2.24, 2.45) is 0 Å². The van der Waals surface area contributed by atoms with Crippen molar-refractivity contribution < 1.29 is 18.5 Å². The number of aromatic nitrogens is 2. The highest BCUT2D eigenvalue weighted by molar-refractivity contribution is 7.83. The van der Waals surface area contributed by atoms with E-state index in [4.69, 9.17) is 9.47 Å². The summed E-state index contributed by atoms with van der Waals surface area (Å²) in [6.07, 6.45) is 7.78. The number of carbonyl (C=O) groups is 1. The van der Waals surface area contributed by atoms with E-state index in [1.54, 1.807) is 11.8 Å². The lowest BCUT2D eigenvalue weighted by atomic mass is 9.99. The average Bonchev–Trinajstić information content (AvgIpc) is 3.44. The van der Waals surface area contributed by atoms with Crippen LogP contribution in [0, 0.1) is 0 Å². The van der Waals surface area contributed by atoms with Gasteiger partial charge in [-0.1, -0.05) is 6.07 Å². The molecule has 5 rings (SSSR count). The van der Waals surface area contributed by atoms with E-state index in [2.05, 4.69) is 21.2 Å². The summed E-state index contributed by atoms with van der Waals surface area (Å²) in [5, 5.41) is 7.26. The molecule has 160 valence electrons. The summed E-state index contributed by atoms with van der Waals surface area (Å²) in [6.45, 7) is 2.80. The van der Waals surface area contributed by atoms with Gasteiger partial charge in [0.15, 0.2) is 16.6 Å². The lowest BCUT2D eigenvalue weighted by Crippen LogP contribution is -2.37. The fraction of sp³-hybridized carbons (Fsp3) is 0.524. The highest BCUT2D eigenvalue weighted by atomic mass is 32.2. The first kappa shape index (κ1) is 19.6. The summed E-state index contributed by atoms with van der Waals surface area (Å²) in [5.41, 5.74) is 5.52. The molecule has 0 bridgehead atoms. The number of amides is 2. The van der Waals surface area contributed by atoms with E-state index in [1.807, 2.05) is 6.92 Å². The second-order valence-corrected chi connectivity index (χ2v) is 9.70. The Balaban J connectivity index is 1.32. The van der Waals surface area contributed by atoms with E-state index >= 15 is 0 Å². The number of benzene rings is 1. The van der Waals surface area contributed by atoms with Gasteiger partial charge < -0.3 is 14.8 Å². The standard InChI is InChI=1S/C21H26N4O4S/c1-21(12-28-2)11-25-19(29-21)17(10-22-25)30(27)24-20(26)23-18-15-7-3-5-13(15)9-14-6-4-8-16(14)18/h9-10H,3-8,11-12H2,1-2H3,(H2,23,24,26). The van der Waals surface area contributed by atoms with Gasteiger partial charge in [-0.3, -0.25) is 4.72 Å². The van der Waals surface area contributed by atoms with E-state index in [-0.39, 0.29) is 0 Å². The van der Waals surface area contributed by atoms with Crippen molar-refractivity contribution in [1.82, 2.24) is 14.5 Å². The predicted molar refractivity (Wildman–Crippen MR) is 112 cm³/mol. The van der Waals surface area contributed by atoms with Gasteiger partial charge in [0, 0.05) is 12.8 Å². The molecule has 30 heavy (non-hydrogen) atoms. The number of methoxy groups -OCH3 is 1. The van der Waals surface area contributed by atoms with Crippen molar-refractivity contribution in [3.63, 3.8) is 0 Å². The molecular weight excluding hydrogens is 404 g/mol. The highest BCUT2D eigenvalue weighted by Gasteiger charge is 2.39. The van der Waals surface area contributed by atoms with Crippen LogP contribution in [0.4, 0.5) is 10.5 Å². The lowest BCUT2D eigenvalue weighted by Gasteiger charge is -2.21. The first-order valence-corrected chi connectivity index (χ1v) is 11.5. The SMILES string of the molecule is COCC1(C)Cn2ncc(S(=O)NC(=O)Nc3c4c(cc5c3CCC5)CCC4)c2O1. The largest absolute Gasteiger partial charge is 0.466 e. The summed E-state index contributed by atoms with van der Waals surface area (Å²) in [4.78, 5) is 13.1. The van der Waals surface area contributed by atoms with Crippen LogP contribution in [-0.4, -0.2) is 39.3 Å². The van der Waals surface area contributed by atoms with Crippen LogP contribution < -0.4 is 14.8 Å². The number of anilines is 1. The zero-order chi connectivity index (χ0) is 20.9. The van der Waals surface area contributed by atoms with Gasteiger partial charge in [-0.15, -0.1) is 0 Å². The first-order valence-electron chi connectivity index (χ1n) is 10.4.